The highest BCUT2D eigenvalue weighted by Gasteiger charge is 2.08. The predicted octanol–water partition coefficient (Wildman–Crippen LogP) is 2.68. The van der Waals surface area contributed by atoms with Crippen LogP contribution in [0.25, 0.3) is 22.4 Å². The van der Waals surface area contributed by atoms with E-state index in [-0.39, 0.29) is 0 Å². The van der Waals surface area contributed by atoms with Gasteiger partial charge in [0.1, 0.15) is 5.75 Å². The first kappa shape index (κ1) is 11.2. The molecule has 0 spiro atoms. The highest BCUT2D eigenvalue weighted by atomic mass is 32.2. The number of hydrogen-bond donors (Lipinski definition) is 2. The first-order chi connectivity index (χ1) is 8.80. The first-order valence-electron chi connectivity index (χ1n) is 5.43. The lowest BCUT2D eigenvalue weighted by Crippen LogP contribution is -1.81. The van der Waals surface area contributed by atoms with Crippen molar-refractivity contribution in [2.24, 2.45) is 0 Å². The summed E-state index contributed by atoms with van der Waals surface area (Å²) in [6.45, 7) is 0. The lowest BCUT2D eigenvalue weighted by Gasteiger charge is -1.97. The highest BCUT2D eigenvalue weighted by Crippen LogP contribution is 2.25. The smallest absolute Gasteiger partial charge is 0.208 e. The fourth-order valence-corrected chi connectivity index (χ4v) is 2.14. The van der Waals surface area contributed by atoms with Crippen LogP contribution in [-0.4, -0.2) is 33.5 Å². The summed E-state index contributed by atoms with van der Waals surface area (Å²) in [4.78, 5) is 7.67. The molecule has 3 aromatic rings. The molecule has 92 valence electrons. The molecule has 6 heteroatoms. The number of ether oxygens (including phenoxy) is 1. The van der Waals surface area contributed by atoms with Crippen LogP contribution < -0.4 is 4.74 Å². The van der Waals surface area contributed by atoms with Crippen molar-refractivity contribution < 1.29 is 4.74 Å². The third-order valence-corrected chi connectivity index (χ3v) is 3.28. The first-order valence-corrected chi connectivity index (χ1v) is 6.66. The summed E-state index contributed by atoms with van der Waals surface area (Å²) in [5.41, 5.74) is 1.94. The van der Waals surface area contributed by atoms with Crippen LogP contribution in [0.1, 0.15) is 0 Å². The Morgan fingerprint density at radius 1 is 1.28 bits per heavy atom. The third-order valence-electron chi connectivity index (χ3n) is 2.73. The summed E-state index contributed by atoms with van der Waals surface area (Å²) < 4.78 is 5.20. The van der Waals surface area contributed by atoms with E-state index < -0.39 is 0 Å². The fourth-order valence-electron chi connectivity index (χ4n) is 1.82. The van der Waals surface area contributed by atoms with Gasteiger partial charge in [-0.1, -0.05) is 11.8 Å². The molecule has 2 heterocycles. The van der Waals surface area contributed by atoms with Crippen molar-refractivity contribution in [1.29, 1.82) is 0 Å². The van der Waals surface area contributed by atoms with E-state index >= 15 is 0 Å². The number of methoxy groups -OCH3 is 1. The normalized spacial score (nSPS) is 11.0. The van der Waals surface area contributed by atoms with E-state index in [9.17, 15) is 0 Å². The van der Waals surface area contributed by atoms with Crippen LogP contribution in [0.15, 0.2) is 29.4 Å². The van der Waals surface area contributed by atoms with E-state index in [1.807, 2.05) is 30.5 Å². The molecule has 18 heavy (non-hydrogen) atoms. The van der Waals surface area contributed by atoms with Gasteiger partial charge in [-0.3, -0.25) is 5.10 Å². The average Bonchev–Trinajstić information content (AvgIpc) is 3.03. The number of H-pyrrole nitrogens is 2. The Kier molecular flexibility index (Phi) is 2.71. The Morgan fingerprint density at radius 3 is 2.89 bits per heavy atom. The predicted molar refractivity (Wildman–Crippen MR) is 72.0 cm³/mol. The Bertz CT molecular complexity index is 688. The summed E-state index contributed by atoms with van der Waals surface area (Å²) in [7, 11) is 1.66. The number of aromatic amines is 2. The van der Waals surface area contributed by atoms with Crippen molar-refractivity contribution in [3.63, 3.8) is 0 Å². The molecule has 0 fully saturated rings. The maximum atomic E-state index is 5.20. The van der Waals surface area contributed by atoms with Crippen molar-refractivity contribution in [2.75, 3.05) is 13.4 Å². The van der Waals surface area contributed by atoms with Crippen LogP contribution in [0.3, 0.4) is 0 Å². The largest absolute Gasteiger partial charge is 0.497 e. The molecule has 0 saturated heterocycles. The molecule has 0 aliphatic carbocycles. The molecule has 5 nitrogen and oxygen atoms in total. The number of nitrogens with one attached hydrogen (secondary N) is 2. The monoisotopic (exact) mass is 260 g/mol. The standard InChI is InChI=1S/C12H12N4OS/c1-17-8-4-3-7-5-10(13-9(7)6-8)11-14-12(18-2)16-15-11/h3-6,13H,1-2H3,(H,14,15,16). The summed E-state index contributed by atoms with van der Waals surface area (Å²) >= 11 is 1.51. The van der Waals surface area contributed by atoms with Crippen LogP contribution in [-0.2, 0) is 0 Å². The summed E-state index contributed by atoms with van der Waals surface area (Å²) in [5, 5.41) is 8.87. The maximum Gasteiger partial charge on any atom is 0.208 e. The number of benzene rings is 1. The van der Waals surface area contributed by atoms with Gasteiger partial charge in [0.25, 0.3) is 0 Å². The SMILES string of the molecule is COc1ccc2cc(-c3nc(SC)n[nH]3)[nH]c2c1. The van der Waals surface area contributed by atoms with Gasteiger partial charge in [-0.05, 0) is 24.5 Å². The van der Waals surface area contributed by atoms with Gasteiger partial charge >= 0.3 is 0 Å². The number of thioether (sulfide) groups is 1. The topological polar surface area (TPSA) is 66.6 Å². The lowest BCUT2D eigenvalue weighted by atomic mass is 10.2. The Morgan fingerprint density at radius 2 is 2.17 bits per heavy atom. The van der Waals surface area contributed by atoms with E-state index in [0.717, 1.165) is 33.3 Å². The molecule has 2 N–H and O–H groups in total. The molecule has 0 bridgehead atoms. The van der Waals surface area contributed by atoms with Gasteiger partial charge < -0.3 is 9.72 Å². The minimum Gasteiger partial charge on any atom is -0.497 e. The summed E-state index contributed by atoms with van der Waals surface area (Å²) in [6, 6.07) is 7.96. The van der Waals surface area contributed by atoms with E-state index in [2.05, 4.69) is 20.2 Å². The van der Waals surface area contributed by atoms with Crippen molar-refractivity contribution in [1.82, 2.24) is 20.2 Å². The molecule has 0 saturated carbocycles. The second-order valence-corrected chi connectivity index (χ2v) is 4.58. The lowest BCUT2D eigenvalue weighted by molar-refractivity contribution is 0.415. The van der Waals surface area contributed by atoms with E-state index in [4.69, 9.17) is 4.74 Å². The summed E-state index contributed by atoms with van der Waals surface area (Å²) in [6.07, 6.45) is 1.95. The molecular formula is C12H12N4OS. The summed E-state index contributed by atoms with van der Waals surface area (Å²) in [5.74, 6) is 1.58. The van der Waals surface area contributed by atoms with Gasteiger partial charge in [-0.25, -0.2) is 0 Å². The van der Waals surface area contributed by atoms with E-state index in [1.165, 1.54) is 11.8 Å². The number of fused-ring (bicyclic) bond motifs is 1. The zero-order valence-corrected chi connectivity index (χ0v) is 10.8. The second kappa shape index (κ2) is 4.38. The molecule has 0 amide bonds. The molecule has 0 atom stereocenters. The number of rotatable bonds is 3. The molecule has 0 unspecified atom stereocenters. The quantitative estimate of drug-likeness (QED) is 0.710. The Balaban J connectivity index is 2.07. The zero-order chi connectivity index (χ0) is 12.5. The molecule has 0 aliphatic rings. The maximum absolute atomic E-state index is 5.20. The van der Waals surface area contributed by atoms with Gasteiger partial charge in [0.2, 0.25) is 5.16 Å². The van der Waals surface area contributed by atoms with Crippen LogP contribution in [0.2, 0.25) is 0 Å². The van der Waals surface area contributed by atoms with Crippen molar-refractivity contribution in [3.05, 3.63) is 24.3 Å². The van der Waals surface area contributed by atoms with Crippen LogP contribution in [0.5, 0.6) is 5.75 Å². The molecular weight excluding hydrogens is 248 g/mol. The minimum absolute atomic E-state index is 0.737. The molecule has 3 rings (SSSR count). The zero-order valence-electron chi connectivity index (χ0n) is 10.0. The van der Waals surface area contributed by atoms with E-state index in [1.54, 1.807) is 7.11 Å². The molecule has 2 aromatic heterocycles. The third kappa shape index (κ3) is 1.84. The highest BCUT2D eigenvalue weighted by molar-refractivity contribution is 7.98. The van der Waals surface area contributed by atoms with Crippen molar-refractivity contribution in [2.45, 2.75) is 5.16 Å². The average molecular weight is 260 g/mol. The van der Waals surface area contributed by atoms with Gasteiger partial charge in [0.05, 0.1) is 12.8 Å². The fraction of sp³-hybridized carbons (Fsp3) is 0.167. The molecule has 1 aromatic carbocycles. The Labute approximate surface area is 108 Å². The van der Waals surface area contributed by atoms with Crippen LogP contribution >= 0.6 is 11.8 Å². The van der Waals surface area contributed by atoms with Gasteiger partial charge in [0.15, 0.2) is 5.82 Å². The molecule has 0 aliphatic heterocycles. The van der Waals surface area contributed by atoms with Crippen LogP contribution in [0, 0.1) is 0 Å². The number of aromatic nitrogens is 4. The van der Waals surface area contributed by atoms with Crippen molar-refractivity contribution in [3.8, 4) is 17.3 Å². The Hall–Kier alpha value is -1.95. The second-order valence-electron chi connectivity index (χ2n) is 3.81. The van der Waals surface area contributed by atoms with E-state index in [0.29, 0.717) is 0 Å². The van der Waals surface area contributed by atoms with Crippen LogP contribution in [0.4, 0.5) is 0 Å². The van der Waals surface area contributed by atoms with Gasteiger partial charge in [-0.15, -0.1) is 5.10 Å². The number of nitrogens with zero attached hydrogens (tertiary/aromatic N) is 2. The van der Waals surface area contributed by atoms with Gasteiger partial charge in [-0.2, -0.15) is 4.98 Å². The van der Waals surface area contributed by atoms with Gasteiger partial charge in [0, 0.05) is 17.0 Å². The minimum atomic E-state index is 0.737. The van der Waals surface area contributed by atoms with Crippen molar-refractivity contribution >= 4 is 22.7 Å². The number of hydrogen-bond acceptors (Lipinski definition) is 4. The molecule has 0 radical (unpaired) electrons.